The highest BCUT2D eigenvalue weighted by Gasteiger charge is 2.14. The van der Waals surface area contributed by atoms with Gasteiger partial charge in [0.05, 0.1) is 5.69 Å². The van der Waals surface area contributed by atoms with Crippen LogP contribution >= 0.6 is 11.5 Å². The van der Waals surface area contributed by atoms with Gasteiger partial charge in [-0.25, -0.2) is 0 Å². The molecule has 1 rings (SSSR count). The average molecular weight is 211 g/mol. The van der Waals surface area contributed by atoms with E-state index in [0.29, 0.717) is 11.4 Å². The lowest BCUT2D eigenvalue weighted by molar-refractivity contribution is 0.0961. The molecule has 0 fully saturated rings. The number of nitrogens with zero attached hydrogens (tertiary/aromatic N) is 2. The second kappa shape index (κ2) is 5.49. The summed E-state index contributed by atoms with van der Waals surface area (Å²) in [5.74, 6) is -0.108. The molecular weight excluding hydrogens is 198 g/mol. The summed E-state index contributed by atoms with van der Waals surface area (Å²) in [6, 6.07) is 0. The molecule has 0 aromatic carbocycles. The maximum atomic E-state index is 11.5. The van der Waals surface area contributed by atoms with Crippen LogP contribution in [0.4, 0.5) is 0 Å². The van der Waals surface area contributed by atoms with Crippen LogP contribution < -0.4 is 5.32 Å². The summed E-state index contributed by atoms with van der Waals surface area (Å²) < 4.78 is 3.77. The highest BCUT2D eigenvalue weighted by atomic mass is 32.1. The third-order valence-electron chi connectivity index (χ3n) is 1.66. The first kappa shape index (κ1) is 10.8. The summed E-state index contributed by atoms with van der Waals surface area (Å²) in [6.07, 6.45) is 3.41. The zero-order valence-electron chi connectivity index (χ0n) is 8.12. The molecule has 0 atom stereocenters. The molecule has 1 aromatic rings. The molecule has 0 aliphatic rings. The Labute approximate surface area is 87.2 Å². The lowest BCUT2D eigenvalue weighted by Gasteiger charge is -1.99. The fraction of sp³-hybridized carbons (Fsp3) is 0.444. The van der Waals surface area contributed by atoms with Crippen LogP contribution in [-0.4, -0.2) is 22.0 Å². The largest absolute Gasteiger partial charge is 0.348 e. The molecule has 1 amide bonds. The molecule has 0 radical (unpaired) electrons. The standard InChI is InChI=1S/C9H13N3OS/c1-3-5-7-8(14-12-11-7)9(13)10-6-4-2/h4H,2-3,5-6H2,1H3,(H,10,13). The van der Waals surface area contributed by atoms with Crippen LogP contribution in [0.3, 0.4) is 0 Å². The normalized spacial score (nSPS) is 9.79. The molecule has 0 spiro atoms. The minimum atomic E-state index is -0.108. The Bertz CT molecular complexity index is 322. The summed E-state index contributed by atoms with van der Waals surface area (Å²) >= 11 is 1.14. The van der Waals surface area contributed by atoms with Gasteiger partial charge >= 0.3 is 0 Å². The number of aromatic nitrogens is 2. The molecule has 0 bridgehead atoms. The van der Waals surface area contributed by atoms with Crippen LogP contribution in [0.5, 0.6) is 0 Å². The van der Waals surface area contributed by atoms with Gasteiger partial charge in [-0.2, -0.15) is 0 Å². The van der Waals surface area contributed by atoms with E-state index < -0.39 is 0 Å². The molecule has 1 heterocycles. The van der Waals surface area contributed by atoms with E-state index in [1.54, 1.807) is 6.08 Å². The van der Waals surface area contributed by atoms with Crippen LogP contribution in [0.15, 0.2) is 12.7 Å². The summed E-state index contributed by atoms with van der Waals surface area (Å²) in [5.41, 5.74) is 0.791. The smallest absolute Gasteiger partial charge is 0.265 e. The summed E-state index contributed by atoms with van der Waals surface area (Å²) in [4.78, 5) is 12.2. The van der Waals surface area contributed by atoms with E-state index in [1.807, 2.05) is 6.92 Å². The number of rotatable bonds is 5. The third kappa shape index (κ3) is 2.63. The number of amides is 1. The van der Waals surface area contributed by atoms with Crippen molar-refractivity contribution in [1.29, 1.82) is 0 Å². The molecule has 1 N–H and O–H groups in total. The third-order valence-corrected chi connectivity index (χ3v) is 2.42. The number of hydrogen-bond acceptors (Lipinski definition) is 4. The van der Waals surface area contributed by atoms with Crippen molar-refractivity contribution >= 4 is 17.4 Å². The maximum Gasteiger partial charge on any atom is 0.265 e. The van der Waals surface area contributed by atoms with Gasteiger partial charge in [0.25, 0.3) is 5.91 Å². The quantitative estimate of drug-likeness (QED) is 0.749. The Hall–Kier alpha value is -1.23. The number of hydrogen-bond donors (Lipinski definition) is 1. The lowest BCUT2D eigenvalue weighted by atomic mass is 10.2. The minimum absolute atomic E-state index is 0.108. The van der Waals surface area contributed by atoms with Gasteiger partial charge in [0, 0.05) is 6.54 Å². The van der Waals surface area contributed by atoms with Gasteiger partial charge in [-0.1, -0.05) is 23.9 Å². The Balaban J connectivity index is 2.68. The number of aryl methyl sites for hydroxylation is 1. The van der Waals surface area contributed by atoms with Crippen LogP contribution in [0, 0.1) is 0 Å². The minimum Gasteiger partial charge on any atom is -0.348 e. The SMILES string of the molecule is C=CCNC(=O)c1snnc1CCC. The Kier molecular flexibility index (Phi) is 4.25. The molecule has 0 saturated carbocycles. The Morgan fingerprint density at radius 2 is 2.50 bits per heavy atom. The summed E-state index contributed by atoms with van der Waals surface area (Å²) in [6.45, 7) is 6.05. The van der Waals surface area contributed by atoms with E-state index in [2.05, 4.69) is 21.5 Å². The van der Waals surface area contributed by atoms with Gasteiger partial charge in [-0.15, -0.1) is 11.7 Å². The van der Waals surface area contributed by atoms with E-state index in [1.165, 1.54) is 0 Å². The highest BCUT2D eigenvalue weighted by Crippen LogP contribution is 2.11. The second-order valence-corrected chi connectivity index (χ2v) is 3.55. The molecule has 14 heavy (non-hydrogen) atoms. The van der Waals surface area contributed by atoms with E-state index in [4.69, 9.17) is 0 Å². The number of nitrogens with one attached hydrogen (secondary N) is 1. The molecule has 5 heteroatoms. The molecule has 1 aromatic heterocycles. The van der Waals surface area contributed by atoms with Crippen molar-refractivity contribution < 1.29 is 4.79 Å². The second-order valence-electron chi connectivity index (χ2n) is 2.80. The predicted molar refractivity (Wildman–Crippen MR) is 56.4 cm³/mol. The highest BCUT2D eigenvalue weighted by molar-refractivity contribution is 7.08. The zero-order valence-corrected chi connectivity index (χ0v) is 8.93. The van der Waals surface area contributed by atoms with Crippen molar-refractivity contribution in [2.24, 2.45) is 0 Å². The van der Waals surface area contributed by atoms with Crippen molar-refractivity contribution in [2.75, 3.05) is 6.54 Å². The van der Waals surface area contributed by atoms with Gasteiger partial charge in [-0.05, 0) is 18.0 Å². The van der Waals surface area contributed by atoms with Crippen molar-refractivity contribution in [1.82, 2.24) is 14.9 Å². The summed E-state index contributed by atoms with van der Waals surface area (Å²) in [7, 11) is 0. The molecule has 4 nitrogen and oxygen atoms in total. The summed E-state index contributed by atoms with van der Waals surface area (Å²) in [5, 5.41) is 6.62. The first-order chi connectivity index (χ1) is 6.79. The van der Waals surface area contributed by atoms with Crippen LogP contribution in [-0.2, 0) is 6.42 Å². The van der Waals surface area contributed by atoms with E-state index >= 15 is 0 Å². The van der Waals surface area contributed by atoms with Crippen molar-refractivity contribution in [3.05, 3.63) is 23.2 Å². The number of carbonyl (C=O) groups is 1. The Morgan fingerprint density at radius 3 is 3.14 bits per heavy atom. The van der Waals surface area contributed by atoms with E-state index in [-0.39, 0.29) is 5.91 Å². The lowest BCUT2D eigenvalue weighted by Crippen LogP contribution is -2.23. The van der Waals surface area contributed by atoms with E-state index in [0.717, 1.165) is 30.1 Å². The van der Waals surface area contributed by atoms with E-state index in [9.17, 15) is 4.79 Å². The maximum absolute atomic E-state index is 11.5. The van der Waals surface area contributed by atoms with Crippen molar-refractivity contribution in [3.63, 3.8) is 0 Å². The fourth-order valence-electron chi connectivity index (χ4n) is 1.03. The van der Waals surface area contributed by atoms with Crippen molar-refractivity contribution in [2.45, 2.75) is 19.8 Å². The average Bonchev–Trinajstić information content (AvgIpc) is 2.63. The first-order valence-electron chi connectivity index (χ1n) is 4.50. The Morgan fingerprint density at radius 1 is 1.71 bits per heavy atom. The predicted octanol–water partition coefficient (Wildman–Crippen LogP) is 1.41. The molecule has 0 unspecified atom stereocenters. The zero-order chi connectivity index (χ0) is 10.4. The van der Waals surface area contributed by atoms with Crippen LogP contribution in [0.25, 0.3) is 0 Å². The topological polar surface area (TPSA) is 54.9 Å². The fourth-order valence-corrected chi connectivity index (χ4v) is 1.65. The van der Waals surface area contributed by atoms with Gasteiger partial charge in [0.1, 0.15) is 4.88 Å². The monoisotopic (exact) mass is 211 g/mol. The van der Waals surface area contributed by atoms with Gasteiger partial charge in [0.2, 0.25) is 0 Å². The van der Waals surface area contributed by atoms with Crippen molar-refractivity contribution in [3.8, 4) is 0 Å². The molecule has 0 saturated heterocycles. The first-order valence-corrected chi connectivity index (χ1v) is 5.27. The molecule has 0 aliphatic heterocycles. The number of carbonyl (C=O) groups excluding carboxylic acids is 1. The van der Waals surface area contributed by atoms with Crippen LogP contribution in [0.2, 0.25) is 0 Å². The molecule has 76 valence electrons. The molecule has 0 aliphatic carbocycles. The van der Waals surface area contributed by atoms with Crippen LogP contribution in [0.1, 0.15) is 28.7 Å². The van der Waals surface area contributed by atoms with Gasteiger partial charge in [0.15, 0.2) is 0 Å². The molecular formula is C9H13N3OS. The van der Waals surface area contributed by atoms with Gasteiger partial charge in [-0.3, -0.25) is 4.79 Å². The van der Waals surface area contributed by atoms with Gasteiger partial charge < -0.3 is 5.32 Å².